The van der Waals surface area contributed by atoms with Gasteiger partial charge in [0.15, 0.2) is 5.78 Å². The van der Waals surface area contributed by atoms with Crippen LogP contribution in [0.15, 0.2) is 42.5 Å². The molecule has 0 saturated carbocycles. The lowest BCUT2D eigenvalue weighted by atomic mass is 10.1. The second-order valence-corrected chi connectivity index (χ2v) is 4.72. The summed E-state index contributed by atoms with van der Waals surface area (Å²) in [5.41, 5.74) is 0.537. The average molecular weight is 305 g/mol. The van der Waals surface area contributed by atoms with Crippen molar-refractivity contribution >= 4 is 23.4 Å². The van der Waals surface area contributed by atoms with Crippen molar-refractivity contribution in [3.05, 3.63) is 58.6 Å². The second-order valence-electron chi connectivity index (χ2n) is 4.29. The summed E-state index contributed by atoms with van der Waals surface area (Å²) in [6.45, 7) is 1.38. The minimum atomic E-state index is -0.600. The van der Waals surface area contributed by atoms with Gasteiger partial charge in [0.1, 0.15) is 17.1 Å². The van der Waals surface area contributed by atoms with Crippen molar-refractivity contribution in [2.75, 3.05) is 7.11 Å². The SMILES string of the molecule is COc1ccccc1C(=O)Oc1ccc(Cl)cc1C(C)=O. The first kappa shape index (κ1) is 15.1. The van der Waals surface area contributed by atoms with Crippen LogP contribution in [-0.2, 0) is 0 Å². The molecule has 0 atom stereocenters. The van der Waals surface area contributed by atoms with Gasteiger partial charge in [-0.2, -0.15) is 0 Å². The molecule has 0 aliphatic carbocycles. The molecule has 0 heterocycles. The Bertz CT molecular complexity index is 694. The summed E-state index contributed by atoms with van der Waals surface area (Å²) in [5, 5.41) is 0.400. The van der Waals surface area contributed by atoms with E-state index < -0.39 is 5.97 Å². The molecule has 21 heavy (non-hydrogen) atoms. The smallest absolute Gasteiger partial charge is 0.347 e. The quantitative estimate of drug-likeness (QED) is 0.490. The van der Waals surface area contributed by atoms with Crippen molar-refractivity contribution in [1.82, 2.24) is 0 Å². The van der Waals surface area contributed by atoms with Crippen LogP contribution < -0.4 is 9.47 Å². The van der Waals surface area contributed by atoms with E-state index >= 15 is 0 Å². The van der Waals surface area contributed by atoms with Gasteiger partial charge in [0.05, 0.1) is 12.7 Å². The maximum Gasteiger partial charge on any atom is 0.347 e. The predicted molar refractivity (Wildman–Crippen MR) is 79.4 cm³/mol. The molecule has 2 aromatic rings. The zero-order valence-corrected chi connectivity index (χ0v) is 12.3. The third-order valence-corrected chi connectivity index (χ3v) is 3.09. The Labute approximate surface area is 127 Å². The van der Waals surface area contributed by atoms with Gasteiger partial charge in [-0.15, -0.1) is 0 Å². The zero-order chi connectivity index (χ0) is 15.4. The molecule has 0 amide bonds. The van der Waals surface area contributed by atoms with E-state index in [1.54, 1.807) is 30.3 Å². The van der Waals surface area contributed by atoms with Gasteiger partial charge in [0, 0.05) is 5.02 Å². The maximum absolute atomic E-state index is 12.2. The first-order valence-electron chi connectivity index (χ1n) is 6.18. The van der Waals surface area contributed by atoms with Gasteiger partial charge in [-0.05, 0) is 37.3 Å². The molecule has 5 heteroatoms. The van der Waals surface area contributed by atoms with E-state index in [2.05, 4.69) is 0 Å². The number of hydrogen-bond acceptors (Lipinski definition) is 4. The molecule has 108 valence electrons. The van der Waals surface area contributed by atoms with Crippen LogP contribution in [0.5, 0.6) is 11.5 Å². The van der Waals surface area contributed by atoms with Gasteiger partial charge in [0.25, 0.3) is 0 Å². The van der Waals surface area contributed by atoms with Crippen LogP contribution in [0, 0.1) is 0 Å². The Morgan fingerprint density at radius 3 is 2.38 bits per heavy atom. The normalized spacial score (nSPS) is 10.0. The molecule has 4 nitrogen and oxygen atoms in total. The van der Waals surface area contributed by atoms with E-state index in [4.69, 9.17) is 21.1 Å². The van der Waals surface area contributed by atoms with E-state index in [0.29, 0.717) is 10.8 Å². The molecule has 2 rings (SSSR count). The van der Waals surface area contributed by atoms with Crippen LogP contribution in [0.2, 0.25) is 5.02 Å². The third kappa shape index (κ3) is 3.41. The Morgan fingerprint density at radius 2 is 1.71 bits per heavy atom. The molecule has 0 aliphatic heterocycles. The second kappa shape index (κ2) is 6.41. The Morgan fingerprint density at radius 1 is 1.00 bits per heavy atom. The van der Waals surface area contributed by atoms with E-state index in [1.807, 2.05) is 0 Å². The number of para-hydroxylation sites is 1. The molecule has 0 saturated heterocycles. The highest BCUT2D eigenvalue weighted by Gasteiger charge is 2.17. The molecule has 0 bridgehead atoms. The van der Waals surface area contributed by atoms with Crippen molar-refractivity contribution in [2.45, 2.75) is 6.92 Å². The largest absolute Gasteiger partial charge is 0.496 e. The molecule has 0 aromatic heterocycles. The maximum atomic E-state index is 12.2. The highest BCUT2D eigenvalue weighted by molar-refractivity contribution is 6.31. The van der Waals surface area contributed by atoms with Gasteiger partial charge < -0.3 is 9.47 Å². The number of rotatable bonds is 4. The number of carbonyl (C=O) groups excluding carboxylic acids is 2. The fourth-order valence-corrected chi connectivity index (χ4v) is 2.01. The van der Waals surface area contributed by atoms with E-state index in [0.717, 1.165) is 0 Å². The summed E-state index contributed by atoms with van der Waals surface area (Å²) < 4.78 is 10.4. The lowest BCUT2D eigenvalue weighted by molar-refractivity contribution is 0.0729. The van der Waals surface area contributed by atoms with Crippen molar-refractivity contribution in [3.8, 4) is 11.5 Å². The molecular formula is C16H13ClO4. The van der Waals surface area contributed by atoms with E-state index in [9.17, 15) is 9.59 Å². The molecule has 0 radical (unpaired) electrons. The number of esters is 1. The van der Waals surface area contributed by atoms with Crippen LogP contribution in [-0.4, -0.2) is 18.9 Å². The number of halogens is 1. The van der Waals surface area contributed by atoms with Crippen molar-refractivity contribution in [1.29, 1.82) is 0 Å². The van der Waals surface area contributed by atoms with Crippen LogP contribution in [0.1, 0.15) is 27.6 Å². The Balaban J connectivity index is 2.34. The van der Waals surface area contributed by atoms with Crippen molar-refractivity contribution in [2.24, 2.45) is 0 Å². The van der Waals surface area contributed by atoms with Crippen LogP contribution in [0.3, 0.4) is 0 Å². The van der Waals surface area contributed by atoms with Gasteiger partial charge >= 0.3 is 5.97 Å². The predicted octanol–water partition coefficient (Wildman–Crippen LogP) is 3.77. The number of hydrogen-bond donors (Lipinski definition) is 0. The zero-order valence-electron chi connectivity index (χ0n) is 11.6. The fourth-order valence-electron chi connectivity index (χ4n) is 1.83. The van der Waals surface area contributed by atoms with Gasteiger partial charge in [-0.1, -0.05) is 23.7 Å². The summed E-state index contributed by atoms with van der Waals surface area (Å²) in [6, 6.07) is 11.2. The lowest BCUT2D eigenvalue weighted by Gasteiger charge is -2.10. The molecule has 2 aromatic carbocycles. The minimum absolute atomic E-state index is 0.169. The van der Waals surface area contributed by atoms with Crippen LogP contribution in [0.4, 0.5) is 0 Å². The molecular weight excluding hydrogens is 292 g/mol. The number of Topliss-reactive ketones (excluding diaryl/α,β-unsaturated/α-hetero) is 1. The first-order valence-corrected chi connectivity index (χ1v) is 6.56. The summed E-state index contributed by atoms with van der Waals surface area (Å²) in [4.78, 5) is 23.8. The molecule has 0 aliphatic rings. The number of ketones is 1. The third-order valence-electron chi connectivity index (χ3n) is 2.85. The summed E-state index contributed by atoms with van der Waals surface area (Å²) in [7, 11) is 1.47. The summed E-state index contributed by atoms with van der Waals surface area (Å²) >= 11 is 5.85. The number of benzene rings is 2. The molecule has 0 unspecified atom stereocenters. The standard InChI is InChI=1S/C16H13ClO4/c1-10(18)13-9-11(17)7-8-15(13)21-16(19)12-5-3-4-6-14(12)20-2/h3-9H,1-2H3. The van der Waals surface area contributed by atoms with Crippen LogP contribution in [0.25, 0.3) is 0 Å². The highest BCUT2D eigenvalue weighted by Crippen LogP contribution is 2.26. The topological polar surface area (TPSA) is 52.6 Å². The van der Waals surface area contributed by atoms with E-state index in [1.165, 1.54) is 26.2 Å². The van der Waals surface area contributed by atoms with E-state index in [-0.39, 0.29) is 22.7 Å². The molecule has 0 N–H and O–H groups in total. The minimum Gasteiger partial charge on any atom is -0.496 e. The number of ether oxygens (including phenoxy) is 2. The Hall–Kier alpha value is -2.33. The summed E-state index contributed by atoms with van der Waals surface area (Å²) in [6.07, 6.45) is 0. The average Bonchev–Trinajstić information content (AvgIpc) is 2.48. The fraction of sp³-hybridized carbons (Fsp3) is 0.125. The number of carbonyl (C=O) groups is 2. The van der Waals surface area contributed by atoms with Crippen molar-refractivity contribution < 1.29 is 19.1 Å². The molecule has 0 fully saturated rings. The monoisotopic (exact) mass is 304 g/mol. The first-order chi connectivity index (χ1) is 10.0. The number of methoxy groups -OCH3 is 1. The van der Waals surface area contributed by atoms with Gasteiger partial charge in [-0.25, -0.2) is 4.79 Å². The summed E-state index contributed by atoms with van der Waals surface area (Å²) in [5.74, 6) is -0.263. The van der Waals surface area contributed by atoms with Crippen LogP contribution >= 0.6 is 11.6 Å². The molecule has 0 spiro atoms. The Kier molecular flexibility index (Phi) is 4.60. The van der Waals surface area contributed by atoms with Gasteiger partial charge in [0.2, 0.25) is 0 Å². The van der Waals surface area contributed by atoms with Gasteiger partial charge in [-0.3, -0.25) is 4.79 Å². The van der Waals surface area contributed by atoms with Crippen molar-refractivity contribution in [3.63, 3.8) is 0 Å². The highest BCUT2D eigenvalue weighted by atomic mass is 35.5. The lowest BCUT2D eigenvalue weighted by Crippen LogP contribution is -2.12.